The van der Waals surface area contributed by atoms with Crippen LogP contribution in [0.15, 0.2) is 79.4 Å². The highest BCUT2D eigenvalue weighted by atomic mass is 79.9. The Morgan fingerprint density at radius 3 is 2.67 bits per heavy atom. The van der Waals surface area contributed by atoms with Gasteiger partial charge in [-0.25, -0.2) is 9.78 Å². The molecule has 0 aliphatic carbocycles. The third kappa shape index (κ3) is 5.45. The average Bonchev–Trinajstić information content (AvgIpc) is 3.37. The molecule has 0 bridgehead atoms. The molecule has 0 saturated heterocycles. The molecule has 0 amide bonds. The van der Waals surface area contributed by atoms with Crippen molar-refractivity contribution in [1.29, 1.82) is 0 Å². The molecule has 11 heteroatoms. The predicted molar refractivity (Wildman–Crippen MR) is 157 cm³/mol. The Morgan fingerprint density at radius 2 is 1.93 bits per heavy atom. The normalized spacial score (nSPS) is 11.6. The van der Waals surface area contributed by atoms with Crippen LogP contribution in [0, 0.1) is 0 Å². The van der Waals surface area contributed by atoms with E-state index in [4.69, 9.17) is 35.2 Å². The highest BCUT2D eigenvalue weighted by Gasteiger charge is 2.20. The van der Waals surface area contributed by atoms with Crippen molar-refractivity contribution in [2.45, 2.75) is 20.0 Å². The van der Waals surface area contributed by atoms with Gasteiger partial charge >= 0.3 is 5.97 Å². The molecule has 2 heterocycles. The Bertz CT molecular complexity index is 1800. The highest BCUT2D eigenvalue weighted by molar-refractivity contribution is 9.10. The zero-order valence-electron chi connectivity index (χ0n) is 21.7. The summed E-state index contributed by atoms with van der Waals surface area (Å²) in [4.78, 5) is 30.2. The first-order chi connectivity index (χ1) is 19.3. The van der Waals surface area contributed by atoms with E-state index in [1.54, 1.807) is 38.1 Å². The van der Waals surface area contributed by atoms with Gasteiger partial charge in [-0.05, 0) is 60.1 Å². The molecule has 40 heavy (non-hydrogen) atoms. The van der Waals surface area contributed by atoms with Gasteiger partial charge in [0.15, 0.2) is 23.9 Å². The maximum Gasteiger partial charge on any atom is 0.344 e. The number of carbonyl (C=O) groups excluding carboxylic acids is 1. The summed E-state index contributed by atoms with van der Waals surface area (Å²) >= 11 is 10.0. The molecule has 204 valence electrons. The standard InChI is InChI=1S/C29H23BrClN3O6/c1-16(2)39-24(35)15-38-27-22(37-3)13-18(25(30)26(27)31)14-32-34-28(23-12-17-8-4-7-11-21(17)40-23)33-20-10-6-5-9-19(20)29(34)36/h4-14,16H,15H2,1-3H3. The zero-order chi connectivity index (χ0) is 28.4. The summed E-state index contributed by atoms with van der Waals surface area (Å²) in [6, 6.07) is 17.9. The van der Waals surface area contributed by atoms with Crippen molar-refractivity contribution in [1.82, 2.24) is 9.66 Å². The summed E-state index contributed by atoms with van der Waals surface area (Å²) in [6.07, 6.45) is 1.16. The van der Waals surface area contributed by atoms with Crippen LogP contribution in [-0.2, 0) is 9.53 Å². The molecular weight excluding hydrogens is 602 g/mol. The Hall–Kier alpha value is -4.15. The zero-order valence-corrected chi connectivity index (χ0v) is 24.0. The van der Waals surface area contributed by atoms with Gasteiger partial charge in [-0.1, -0.05) is 41.9 Å². The largest absolute Gasteiger partial charge is 0.493 e. The molecule has 5 aromatic rings. The number of carbonyl (C=O) groups is 1. The average molecular weight is 625 g/mol. The number of aromatic nitrogens is 2. The van der Waals surface area contributed by atoms with Gasteiger partial charge in [-0.2, -0.15) is 9.78 Å². The van der Waals surface area contributed by atoms with Crippen molar-refractivity contribution in [3.63, 3.8) is 0 Å². The van der Waals surface area contributed by atoms with Crippen molar-refractivity contribution in [3.05, 3.63) is 86.1 Å². The van der Waals surface area contributed by atoms with Crippen molar-refractivity contribution in [2.24, 2.45) is 5.10 Å². The number of halogens is 2. The lowest BCUT2D eigenvalue weighted by molar-refractivity contribution is -0.149. The van der Waals surface area contributed by atoms with E-state index in [0.29, 0.717) is 32.3 Å². The SMILES string of the molecule is COc1cc(C=Nn2c(-c3cc4ccccc4o3)nc3ccccc3c2=O)c(Br)c(Cl)c1OCC(=O)OC(C)C. The lowest BCUT2D eigenvalue weighted by Crippen LogP contribution is -2.20. The molecule has 0 spiro atoms. The Kier molecular flexibility index (Phi) is 7.90. The molecule has 0 N–H and O–H groups in total. The number of hydrogen-bond donors (Lipinski definition) is 0. The van der Waals surface area contributed by atoms with E-state index in [9.17, 15) is 9.59 Å². The highest BCUT2D eigenvalue weighted by Crippen LogP contribution is 2.42. The summed E-state index contributed by atoms with van der Waals surface area (Å²) in [5.74, 6) is 0.480. The minimum Gasteiger partial charge on any atom is -0.493 e. The van der Waals surface area contributed by atoms with Gasteiger partial charge in [0.2, 0.25) is 5.82 Å². The quantitative estimate of drug-likeness (QED) is 0.144. The molecule has 0 radical (unpaired) electrons. The van der Waals surface area contributed by atoms with Gasteiger partial charge in [0.1, 0.15) is 10.6 Å². The Morgan fingerprint density at radius 1 is 1.18 bits per heavy atom. The van der Waals surface area contributed by atoms with Gasteiger partial charge in [0.25, 0.3) is 5.56 Å². The second-order valence-electron chi connectivity index (χ2n) is 8.91. The summed E-state index contributed by atoms with van der Waals surface area (Å²) in [7, 11) is 1.44. The van der Waals surface area contributed by atoms with Gasteiger partial charge < -0.3 is 18.6 Å². The maximum absolute atomic E-state index is 13.6. The minimum atomic E-state index is -0.545. The van der Waals surface area contributed by atoms with Gasteiger partial charge in [0, 0.05) is 15.4 Å². The van der Waals surface area contributed by atoms with Crippen LogP contribution in [0.1, 0.15) is 19.4 Å². The third-order valence-electron chi connectivity index (χ3n) is 5.79. The van der Waals surface area contributed by atoms with E-state index in [0.717, 1.165) is 5.39 Å². The molecule has 0 saturated carbocycles. The number of para-hydroxylation sites is 2. The maximum atomic E-state index is 13.6. The Balaban J connectivity index is 1.58. The second kappa shape index (κ2) is 11.5. The number of nitrogens with zero attached hydrogens (tertiary/aromatic N) is 3. The van der Waals surface area contributed by atoms with Crippen LogP contribution in [0.25, 0.3) is 33.5 Å². The van der Waals surface area contributed by atoms with Gasteiger partial charge in [-0.15, -0.1) is 0 Å². The predicted octanol–water partition coefficient (Wildman–Crippen LogP) is 6.45. The first kappa shape index (κ1) is 27.4. The van der Waals surface area contributed by atoms with Crippen molar-refractivity contribution < 1.29 is 23.4 Å². The van der Waals surface area contributed by atoms with Crippen LogP contribution in [0.5, 0.6) is 11.5 Å². The van der Waals surface area contributed by atoms with E-state index < -0.39 is 5.97 Å². The molecular formula is C29H23BrClN3O6. The molecule has 2 aromatic heterocycles. The first-order valence-electron chi connectivity index (χ1n) is 12.2. The van der Waals surface area contributed by atoms with E-state index in [-0.39, 0.29) is 40.6 Å². The summed E-state index contributed by atoms with van der Waals surface area (Å²) in [5, 5.41) is 5.89. The minimum absolute atomic E-state index is 0.152. The summed E-state index contributed by atoms with van der Waals surface area (Å²) < 4.78 is 23.8. The van der Waals surface area contributed by atoms with Crippen LogP contribution < -0.4 is 15.0 Å². The molecule has 5 rings (SSSR count). The van der Waals surface area contributed by atoms with E-state index in [1.807, 2.05) is 36.4 Å². The number of esters is 1. The smallest absolute Gasteiger partial charge is 0.344 e. The number of ether oxygens (including phenoxy) is 3. The lowest BCUT2D eigenvalue weighted by atomic mass is 10.2. The summed E-state index contributed by atoms with van der Waals surface area (Å²) in [5.41, 5.74) is 1.27. The molecule has 0 fully saturated rings. The molecule has 0 unspecified atom stereocenters. The monoisotopic (exact) mass is 623 g/mol. The van der Waals surface area contributed by atoms with Crippen LogP contribution >= 0.6 is 27.5 Å². The van der Waals surface area contributed by atoms with Crippen molar-refractivity contribution in [3.8, 4) is 23.1 Å². The Labute approximate surface area is 242 Å². The fourth-order valence-corrected chi connectivity index (χ4v) is 4.67. The number of furan rings is 1. The van der Waals surface area contributed by atoms with Crippen LogP contribution in [0.3, 0.4) is 0 Å². The van der Waals surface area contributed by atoms with E-state index in [1.165, 1.54) is 18.0 Å². The van der Waals surface area contributed by atoms with Crippen LogP contribution in [0.2, 0.25) is 5.02 Å². The topological polar surface area (TPSA) is 105 Å². The number of benzene rings is 3. The third-order valence-corrected chi connectivity index (χ3v) is 7.23. The van der Waals surface area contributed by atoms with Crippen molar-refractivity contribution in [2.75, 3.05) is 13.7 Å². The van der Waals surface area contributed by atoms with Crippen LogP contribution in [-0.4, -0.2) is 41.7 Å². The van der Waals surface area contributed by atoms with E-state index >= 15 is 0 Å². The number of rotatable bonds is 8. The van der Waals surface area contributed by atoms with Crippen LogP contribution in [0.4, 0.5) is 0 Å². The van der Waals surface area contributed by atoms with Gasteiger partial charge in [0.05, 0.1) is 30.3 Å². The number of fused-ring (bicyclic) bond motifs is 2. The first-order valence-corrected chi connectivity index (χ1v) is 13.4. The number of methoxy groups -OCH3 is 1. The molecule has 3 aromatic carbocycles. The molecule has 9 nitrogen and oxygen atoms in total. The molecule has 0 aliphatic heterocycles. The lowest BCUT2D eigenvalue weighted by Gasteiger charge is -2.15. The van der Waals surface area contributed by atoms with Crippen molar-refractivity contribution >= 4 is 61.6 Å². The summed E-state index contributed by atoms with van der Waals surface area (Å²) in [6.45, 7) is 3.13. The van der Waals surface area contributed by atoms with E-state index in [2.05, 4.69) is 21.0 Å². The molecule has 0 aliphatic rings. The molecule has 0 atom stereocenters. The van der Waals surface area contributed by atoms with Gasteiger partial charge in [-0.3, -0.25) is 4.79 Å². The fourth-order valence-electron chi connectivity index (χ4n) is 4.02. The second-order valence-corrected chi connectivity index (χ2v) is 10.1. The fraction of sp³-hybridized carbons (Fsp3) is 0.172. The number of hydrogen-bond acceptors (Lipinski definition) is 8.